The number of nitrogens with one attached hydrogen (secondary N) is 1. The molecule has 0 saturated carbocycles. The van der Waals surface area contributed by atoms with Crippen LogP contribution in [0, 0.1) is 0 Å². The summed E-state index contributed by atoms with van der Waals surface area (Å²) in [4.78, 5) is 41.8. The molecule has 1 saturated heterocycles. The number of aliphatic hydroxyl groups is 2. The van der Waals surface area contributed by atoms with Crippen LogP contribution in [0.2, 0.25) is 0 Å². The van der Waals surface area contributed by atoms with Crippen LogP contribution in [-0.2, 0) is 9.26 Å². The van der Waals surface area contributed by atoms with Crippen LogP contribution in [0.4, 0.5) is 0 Å². The summed E-state index contributed by atoms with van der Waals surface area (Å²) in [5.74, 6) is 0. The summed E-state index contributed by atoms with van der Waals surface area (Å²) in [5, 5.41) is 19.6. The molecule has 112 valence electrons. The summed E-state index contributed by atoms with van der Waals surface area (Å²) >= 11 is 0. The van der Waals surface area contributed by atoms with Crippen LogP contribution in [0.1, 0.15) is 6.23 Å². The van der Waals surface area contributed by atoms with Gasteiger partial charge in [0.1, 0.15) is 18.3 Å². The largest absolute Gasteiger partial charge is 0.387 e. The summed E-state index contributed by atoms with van der Waals surface area (Å²) in [6.07, 6.45) is -3.95. The van der Waals surface area contributed by atoms with Gasteiger partial charge in [0, 0.05) is 12.3 Å². The maximum Gasteiger partial charge on any atom is 0.330 e. The first-order valence-electron chi connectivity index (χ1n) is 5.54. The highest BCUT2D eigenvalue weighted by atomic mass is 31.2. The SMILES string of the molecule is O=c1ccn([C@@H]2O[C@H](COP(O)O)[C@@H](O)[C@H]2O)c(=O)[nH]1. The number of hydrogen-bond donors (Lipinski definition) is 5. The molecule has 10 nitrogen and oxygen atoms in total. The van der Waals surface area contributed by atoms with Gasteiger partial charge in [-0.1, -0.05) is 0 Å². The van der Waals surface area contributed by atoms with Crippen LogP contribution in [0.25, 0.3) is 0 Å². The van der Waals surface area contributed by atoms with Gasteiger partial charge in [0.2, 0.25) is 0 Å². The number of H-pyrrole nitrogens is 1. The average Bonchev–Trinajstić information content (AvgIpc) is 2.64. The van der Waals surface area contributed by atoms with Crippen molar-refractivity contribution in [2.75, 3.05) is 6.61 Å². The minimum Gasteiger partial charge on any atom is -0.387 e. The van der Waals surface area contributed by atoms with Gasteiger partial charge in [-0.25, -0.2) is 4.79 Å². The van der Waals surface area contributed by atoms with Gasteiger partial charge < -0.3 is 29.3 Å². The first-order valence-corrected chi connectivity index (χ1v) is 6.70. The van der Waals surface area contributed by atoms with Gasteiger partial charge in [-0.15, -0.1) is 0 Å². The molecule has 20 heavy (non-hydrogen) atoms. The smallest absolute Gasteiger partial charge is 0.330 e. The molecule has 1 aliphatic heterocycles. The normalized spacial score (nSPS) is 30.1. The molecular weight excluding hydrogens is 295 g/mol. The maximum absolute atomic E-state index is 11.6. The van der Waals surface area contributed by atoms with Crippen LogP contribution >= 0.6 is 8.60 Å². The average molecular weight is 308 g/mol. The van der Waals surface area contributed by atoms with Crippen LogP contribution in [0.5, 0.6) is 0 Å². The predicted molar refractivity (Wildman–Crippen MR) is 64.6 cm³/mol. The van der Waals surface area contributed by atoms with Crippen molar-refractivity contribution in [1.82, 2.24) is 9.55 Å². The zero-order valence-electron chi connectivity index (χ0n) is 9.99. The van der Waals surface area contributed by atoms with E-state index in [1.807, 2.05) is 4.98 Å². The van der Waals surface area contributed by atoms with Gasteiger partial charge in [0.25, 0.3) is 5.56 Å². The molecule has 0 aliphatic carbocycles. The third-order valence-corrected chi connectivity index (χ3v) is 3.20. The number of aliphatic hydroxyl groups excluding tert-OH is 2. The molecule has 2 heterocycles. The second kappa shape index (κ2) is 6.10. The van der Waals surface area contributed by atoms with E-state index in [-0.39, 0.29) is 6.61 Å². The lowest BCUT2D eigenvalue weighted by Crippen LogP contribution is -2.37. The van der Waals surface area contributed by atoms with Gasteiger partial charge in [0.15, 0.2) is 6.23 Å². The van der Waals surface area contributed by atoms with E-state index < -0.39 is 44.4 Å². The molecule has 0 unspecified atom stereocenters. The summed E-state index contributed by atoms with van der Waals surface area (Å²) in [7, 11) is -2.62. The highest BCUT2D eigenvalue weighted by molar-refractivity contribution is 7.39. The number of ether oxygens (including phenoxy) is 1. The van der Waals surface area contributed by atoms with Crippen LogP contribution < -0.4 is 11.2 Å². The fourth-order valence-corrected chi connectivity index (χ4v) is 2.14. The Kier molecular flexibility index (Phi) is 4.66. The second-order valence-corrected chi connectivity index (χ2v) is 4.88. The maximum atomic E-state index is 11.6. The lowest BCUT2D eigenvalue weighted by molar-refractivity contribution is -0.0526. The molecule has 0 aromatic carbocycles. The Hall–Kier alpha value is -1.13. The first-order chi connectivity index (χ1) is 9.40. The van der Waals surface area contributed by atoms with E-state index in [1.165, 1.54) is 0 Å². The van der Waals surface area contributed by atoms with E-state index in [1.54, 1.807) is 0 Å². The standard InChI is InChI=1S/C9H13N2O8P/c12-5-1-2-11(9(15)10-5)8-7(14)6(13)4(19-8)3-18-20(16)17/h1-2,4,6-8,13-14,16-17H,3H2,(H,10,12,15)/t4-,6-,7-,8-/m1/s1. The van der Waals surface area contributed by atoms with Crippen LogP contribution in [0.3, 0.4) is 0 Å². The third kappa shape index (κ3) is 3.13. The molecule has 11 heteroatoms. The molecule has 1 fully saturated rings. The lowest BCUT2D eigenvalue weighted by atomic mass is 10.1. The van der Waals surface area contributed by atoms with E-state index in [2.05, 4.69) is 4.52 Å². The van der Waals surface area contributed by atoms with Crippen molar-refractivity contribution in [2.45, 2.75) is 24.5 Å². The highest BCUT2D eigenvalue weighted by Crippen LogP contribution is 2.31. The Morgan fingerprint density at radius 3 is 2.65 bits per heavy atom. The van der Waals surface area contributed by atoms with Crippen molar-refractivity contribution in [3.63, 3.8) is 0 Å². The molecule has 4 atom stereocenters. The molecule has 1 aliphatic rings. The van der Waals surface area contributed by atoms with Crippen LogP contribution in [-0.4, -0.2) is 54.5 Å². The van der Waals surface area contributed by atoms with Crippen molar-refractivity contribution in [2.24, 2.45) is 0 Å². The van der Waals surface area contributed by atoms with E-state index in [4.69, 9.17) is 14.5 Å². The van der Waals surface area contributed by atoms with Gasteiger partial charge in [0.05, 0.1) is 6.61 Å². The van der Waals surface area contributed by atoms with Gasteiger partial charge in [-0.3, -0.25) is 14.3 Å². The molecule has 1 aromatic heterocycles. The van der Waals surface area contributed by atoms with E-state index >= 15 is 0 Å². The Bertz CT molecular complexity index is 572. The summed E-state index contributed by atoms with van der Waals surface area (Å²) in [6, 6.07) is 1.06. The number of aromatic amines is 1. The van der Waals surface area contributed by atoms with Gasteiger partial charge >= 0.3 is 14.3 Å². The highest BCUT2D eigenvalue weighted by Gasteiger charge is 2.44. The second-order valence-electron chi connectivity index (χ2n) is 4.11. The Balaban J connectivity index is 2.17. The zero-order chi connectivity index (χ0) is 14.9. The predicted octanol–water partition coefficient (Wildman–Crippen LogP) is -2.62. The topological polar surface area (TPSA) is 154 Å². The molecule has 5 N–H and O–H groups in total. The number of nitrogens with zero attached hydrogens (tertiary/aromatic N) is 1. The van der Waals surface area contributed by atoms with Crippen molar-refractivity contribution in [3.8, 4) is 0 Å². The minimum atomic E-state index is -2.62. The molecule has 0 radical (unpaired) electrons. The fourth-order valence-electron chi connectivity index (χ4n) is 1.86. The summed E-state index contributed by atoms with van der Waals surface area (Å²) < 4.78 is 10.7. The van der Waals surface area contributed by atoms with E-state index in [9.17, 15) is 19.8 Å². The minimum absolute atomic E-state index is 0.370. The molecule has 0 amide bonds. The number of aromatic nitrogens is 2. The van der Waals surface area contributed by atoms with Crippen molar-refractivity contribution >= 4 is 8.60 Å². The van der Waals surface area contributed by atoms with Crippen LogP contribution in [0.15, 0.2) is 21.9 Å². The summed E-state index contributed by atoms with van der Waals surface area (Å²) in [5.41, 5.74) is -1.41. The monoisotopic (exact) mass is 308 g/mol. The van der Waals surface area contributed by atoms with Gasteiger partial charge in [-0.05, 0) is 0 Å². The molecule has 1 aromatic rings. The quantitative estimate of drug-likeness (QED) is 0.379. The fraction of sp³-hybridized carbons (Fsp3) is 0.556. The van der Waals surface area contributed by atoms with Crippen molar-refractivity contribution < 1.29 is 29.3 Å². The zero-order valence-corrected chi connectivity index (χ0v) is 10.9. The van der Waals surface area contributed by atoms with E-state index in [0.717, 1.165) is 16.8 Å². The third-order valence-electron chi connectivity index (χ3n) is 2.82. The number of hydrogen-bond acceptors (Lipinski definition) is 8. The Morgan fingerprint density at radius 1 is 1.35 bits per heavy atom. The summed E-state index contributed by atoms with van der Waals surface area (Å²) in [6.45, 7) is -0.370. The van der Waals surface area contributed by atoms with E-state index in [0.29, 0.717) is 0 Å². The Labute approximate surface area is 112 Å². The molecule has 0 spiro atoms. The molecular formula is C9H13N2O8P. The first kappa shape index (κ1) is 15.3. The Morgan fingerprint density at radius 2 is 2.05 bits per heavy atom. The van der Waals surface area contributed by atoms with Crippen molar-refractivity contribution in [1.29, 1.82) is 0 Å². The van der Waals surface area contributed by atoms with Gasteiger partial charge in [-0.2, -0.15) is 0 Å². The molecule has 2 rings (SSSR count). The lowest BCUT2D eigenvalue weighted by Gasteiger charge is -2.16. The van der Waals surface area contributed by atoms with Crippen molar-refractivity contribution in [3.05, 3.63) is 33.1 Å². The number of rotatable bonds is 4. The molecule has 0 bridgehead atoms.